The lowest BCUT2D eigenvalue weighted by Crippen LogP contribution is -2.03. The predicted octanol–water partition coefficient (Wildman–Crippen LogP) is 2.21. The highest BCUT2D eigenvalue weighted by Gasteiger charge is 2.01. The Morgan fingerprint density at radius 1 is 1.18 bits per heavy atom. The van der Waals surface area contributed by atoms with E-state index < -0.39 is 0 Å². The van der Waals surface area contributed by atoms with Crippen molar-refractivity contribution in [2.45, 2.75) is 39.5 Å². The molecule has 0 amide bonds. The van der Waals surface area contributed by atoms with Gasteiger partial charge < -0.3 is 5.11 Å². The summed E-state index contributed by atoms with van der Waals surface area (Å²) < 4.78 is 0. The van der Waals surface area contributed by atoms with E-state index in [0.717, 1.165) is 6.42 Å². The van der Waals surface area contributed by atoms with Crippen molar-refractivity contribution in [1.82, 2.24) is 0 Å². The van der Waals surface area contributed by atoms with Gasteiger partial charge in [0.25, 0.3) is 0 Å². The molecular weight excluding hydrogens is 144 g/mol. The van der Waals surface area contributed by atoms with Crippen LogP contribution in [0.2, 0.25) is 0 Å². The predicted molar refractivity (Wildman–Crippen MR) is 45.6 cm³/mol. The van der Waals surface area contributed by atoms with Crippen molar-refractivity contribution < 1.29 is 15.6 Å². The smallest absolute Gasteiger partial charge is 0.0459 e. The van der Waals surface area contributed by atoms with E-state index in [-0.39, 0.29) is 0 Å². The summed E-state index contributed by atoms with van der Waals surface area (Å²) in [6.45, 7) is 4.69. The van der Waals surface area contributed by atoms with E-state index in [9.17, 15) is 0 Å². The molecule has 0 spiro atoms. The molecule has 0 aliphatic heterocycles. The SMILES string of the molecule is CCCCC(CC)CO.OO. The molecule has 0 aliphatic carbocycles. The highest BCUT2D eigenvalue weighted by molar-refractivity contribution is 4.53. The molecular formula is C8H20O3. The van der Waals surface area contributed by atoms with Gasteiger partial charge in [0.05, 0.1) is 0 Å². The van der Waals surface area contributed by atoms with Crippen LogP contribution in [0.25, 0.3) is 0 Å². The Hall–Kier alpha value is -0.120. The van der Waals surface area contributed by atoms with E-state index in [4.69, 9.17) is 15.6 Å². The quantitative estimate of drug-likeness (QED) is 0.431. The fraction of sp³-hybridized carbons (Fsp3) is 1.00. The largest absolute Gasteiger partial charge is 0.396 e. The van der Waals surface area contributed by atoms with Gasteiger partial charge in [-0.25, -0.2) is 0 Å². The van der Waals surface area contributed by atoms with Gasteiger partial charge in [-0.1, -0.05) is 33.1 Å². The molecule has 0 heterocycles. The molecule has 0 radical (unpaired) electrons. The Balaban J connectivity index is 0. The van der Waals surface area contributed by atoms with Gasteiger partial charge in [-0.15, -0.1) is 0 Å². The van der Waals surface area contributed by atoms with E-state index in [2.05, 4.69) is 13.8 Å². The van der Waals surface area contributed by atoms with Crippen molar-refractivity contribution in [3.63, 3.8) is 0 Å². The second-order valence-electron chi connectivity index (χ2n) is 2.60. The summed E-state index contributed by atoms with van der Waals surface area (Å²) in [6, 6.07) is 0. The van der Waals surface area contributed by atoms with Gasteiger partial charge in [0, 0.05) is 6.61 Å². The maximum atomic E-state index is 8.75. The highest BCUT2D eigenvalue weighted by Crippen LogP contribution is 2.10. The molecule has 0 rings (SSSR count). The fourth-order valence-corrected chi connectivity index (χ4v) is 0.917. The van der Waals surface area contributed by atoms with Crippen molar-refractivity contribution in [3.8, 4) is 0 Å². The van der Waals surface area contributed by atoms with Crippen LogP contribution < -0.4 is 0 Å². The highest BCUT2D eigenvalue weighted by atomic mass is 17.0. The maximum absolute atomic E-state index is 8.75. The zero-order valence-electron chi connectivity index (χ0n) is 7.45. The normalized spacial score (nSPS) is 11.7. The van der Waals surface area contributed by atoms with E-state index in [1.165, 1.54) is 19.3 Å². The van der Waals surface area contributed by atoms with Crippen LogP contribution in [0.15, 0.2) is 0 Å². The van der Waals surface area contributed by atoms with Crippen LogP contribution in [-0.4, -0.2) is 22.2 Å². The number of rotatable bonds is 5. The lowest BCUT2D eigenvalue weighted by atomic mass is 10.0. The van der Waals surface area contributed by atoms with Crippen LogP contribution in [0.5, 0.6) is 0 Å². The molecule has 3 heteroatoms. The third-order valence-corrected chi connectivity index (χ3v) is 1.80. The lowest BCUT2D eigenvalue weighted by molar-refractivity contribution is -0.176. The molecule has 0 bridgehead atoms. The summed E-state index contributed by atoms with van der Waals surface area (Å²) in [6.07, 6.45) is 4.83. The van der Waals surface area contributed by atoms with Crippen LogP contribution in [-0.2, 0) is 0 Å². The topological polar surface area (TPSA) is 60.7 Å². The summed E-state index contributed by atoms with van der Waals surface area (Å²) in [7, 11) is 0. The van der Waals surface area contributed by atoms with Crippen LogP contribution >= 0.6 is 0 Å². The fourth-order valence-electron chi connectivity index (χ4n) is 0.917. The molecule has 1 unspecified atom stereocenters. The Morgan fingerprint density at radius 3 is 2.00 bits per heavy atom. The second-order valence-corrected chi connectivity index (χ2v) is 2.60. The minimum atomic E-state index is 0.372. The molecule has 0 saturated heterocycles. The van der Waals surface area contributed by atoms with Gasteiger partial charge >= 0.3 is 0 Å². The first-order chi connectivity index (χ1) is 5.35. The van der Waals surface area contributed by atoms with Crippen LogP contribution in [0.4, 0.5) is 0 Å². The summed E-state index contributed by atoms with van der Waals surface area (Å²) in [4.78, 5) is 0. The Bertz CT molecular complexity index is 53.3. The number of aliphatic hydroxyl groups excluding tert-OH is 1. The number of aliphatic hydroxyl groups is 1. The van der Waals surface area contributed by atoms with Crippen molar-refractivity contribution in [3.05, 3.63) is 0 Å². The minimum absolute atomic E-state index is 0.372. The maximum Gasteiger partial charge on any atom is 0.0459 e. The van der Waals surface area contributed by atoms with E-state index in [1.807, 2.05) is 0 Å². The van der Waals surface area contributed by atoms with Crippen LogP contribution in [0, 0.1) is 5.92 Å². The molecule has 70 valence electrons. The molecule has 11 heavy (non-hydrogen) atoms. The Morgan fingerprint density at radius 2 is 1.73 bits per heavy atom. The van der Waals surface area contributed by atoms with Gasteiger partial charge in [-0.05, 0) is 12.3 Å². The minimum Gasteiger partial charge on any atom is -0.396 e. The molecule has 1 atom stereocenters. The van der Waals surface area contributed by atoms with E-state index in [0.29, 0.717) is 12.5 Å². The summed E-state index contributed by atoms with van der Waals surface area (Å²) in [5, 5.41) is 20.8. The zero-order valence-corrected chi connectivity index (χ0v) is 7.45. The first kappa shape index (κ1) is 13.5. The van der Waals surface area contributed by atoms with Gasteiger partial charge in [0.15, 0.2) is 0 Å². The molecule has 0 aromatic heterocycles. The second kappa shape index (κ2) is 12.5. The molecule has 0 aromatic rings. The molecule has 0 aliphatic rings. The third-order valence-electron chi connectivity index (χ3n) is 1.80. The van der Waals surface area contributed by atoms with E-state index >= 15 is 0 Å². The van der Waals surface area contributed by atoms with Gasteiger partial charge in [-0.2, -0.15) is 0 Å². The average Bonchev–Trinajstić information content (AvgIpc) is 2.10. The van der Waals surface area contributed by atoms with Gasteiger partial charge in [-0.3, -0.25) is 10.5 Å². The Kier molecular flexibility index (Phi) is 15.4. The number of hydrogen-bond donors (Lipinski definition) is 3. The van der Waals surface area contributed by atoms with Crippen LogP contribution in [0.3, 0.4) is 0 Å². The standard InChI is InChI=1S/C8H18O.H2O2/c1-3-5-6-8(4-2)7-9;1-2/h8-9H,3-7H2,1-2H3;1-2H. The monoisotopic (exact) mass is 164 g/mol. The van der Waals surface area contributed by atoms with Gasteiger partial charge in [0.1, 0.15) is 0 Å². The molecule has 0 fully saturated rings. The number of hydrogen-bond acceptors (Lipinski definition) is 3. The van der Waals surface area contributed by atoms with E-state index in [1.54, 1.807) is 0 Å². The third kappa shape index (κ3) is 9.88. The lowest BCUT2D eigenvalue weighted by Gasteiger charge is -2.08. The summed E-state index contributed by atoms with van der Waals surface area (Å²) in [5.74, 6) is 0.560. The summed E-state index contributed by atoms with van der Waals surface area (Å²) in [5.41, 5.74) is 0. The summed E-state index contributed by atoms with van der Waals surface area (Å²) >= 11 is 0. The molecule has 3 nitrogen and oxygen atoms in total. The van der Waals surface area contributed by atoms with Gasteiger partial charge in [0.2, 0.25) is 0 Å². The molecule has 0 saturated carbocycles. The molecule has 0 aromatic carbocycles. The first-order valence-electron chi connectivity index (χ1n) is 4.16. The molecule has 3 N–H and O–H groups in total. The van der Waals surface area contributed by atoms with Crippen molar-refractivity contribution in [1.29, 1.82) is 0 Å². The van der Waals surface area contributed by atoms with Crippen molar-refractivity contribution in [2.24, 2.45) is 5.92 Å². The zero-order chi connectivity index (χ0) is 9.11. The average molecular weight is 164 g/mol. The van der Waals surface area contributed by atoms with Crippen molar-refractivity contribution >= 4 is 0 Å². The Labute approximate surface area is 68.6 Å². The van der Waals surface area contributed by atoms with Crippen molar-refractivity contribution in [2.75, 3.05) is 6.61 Å². The van der Waals surface area contributed by atoms with Crippen LogP contribution in [0.1, 0.15) is 39.5 Å². The first-order valence-corrected chi connectivity index (χ1v) is 4.16. The number of unbranched alkanes of at least 4 members (excludes halogenated alkanes) is 1.